The Morgan fingerprint density at radius 3 is 3.00 bits per heavy atom. The lowest BCUT2D eigenvalue weighted by molar-refractivity contribution is -0.103. The minimum Gasteiger partial charge on any atom is -0.486 e. The SMILES string of the molecule is C[C@H](O)[C@]1(O)CNC[C@@H]1Oc1cccc(F)c1. The lowest BCUT2D eigenvalue weighted by Gasteiger charge is -2.31. The van der Waals surface area contributed by atoms with Crippen molar-refractivity contribution in [2.24, 2.45) is 0 Å². The normalized spacial score (nSPS) is 30.2. The smallest absolute Gasteiger partial charge is 0.143 e. The molecule has 1 fully saturated rings. The fourth-order valence-electron chi connectivity index (χ4n) is 1.96. The van der Waals surface area contributed by atoms with E-state index in [0.29, 0.717) is 12.3 Å². The molecule has 0 saturated carbocycles. The average molecular weight is 241 g/mol. The summed E-state index contributed by atoms with van der Waals surface area (Å²) in [5.41, 5.74) is -1.34. The van der Waals surface area contributed by atoms with Gasteiger partial charge in [-0.3, -0.25) is 0 Å². The van der Waals surface area contributed by atoms with Crippen LogP contribution in [-0.2, 0) is 0 Å². The lowest BCUT2D eigenvalue weighted by atomic mass is 9.94. The van der Waals surface area contributed by atoms with E-state index in [9.17, 15) is 14.6 Å². The van der Waals surface area contributed by atoms with Crippen LogP contribution in [0.4, 0.5) is 4.39 Å². The van der Waals surface area contributed by atoms with Crippen molar-refractivity contribution in [1.82, 2.24) is 5.32 Å². The Hall–Kier alpha value is -1.17. The number of hydrogen-bond donors (Lipinski definition) is 3. The Balaban J connectivity index is 2.13. The Kier molecular flexibility index (Phi) is 3.33. The third-order valence-electron chi connectivity index (χ3n) is 3.09. The molecular weight excluding hydrogens is 225 g/mol. The Bertz CT molecular complexity index is 399. The van der Waals surface area contributed by atoms with Gasteiger partial charge in [0.1, 0.15) is 23.3 Å². The summed E-state index contributed by atoms with van der Waals surface area (Å²) in [6.07, 6.45) is -1.51. The molecule has 1 aliphatic heterocycles. The highest BCUT2D eigenvalue weighted by Crippen LogP contribution is 2.25. The molecule has 17 heavy (non-hydrogen) atoms. The van der Waals surface area contributed by atoms with Gasteiger partial charge in [-0.2, -0.15) is 0 Å². The maximum absolute atomic E-state index is 13.0. The predicted molar refractivity (Wildman–Crippen MR) is 60.3 cm³/mol. The van der Waals surface area contributed by atoms with Gasteiger partial charge in [-0.25, -0.2) is 4.39 Å². The number of β-amino-alcohol motifs (C(OH)–C–C–N with tert-alkyl or cyclic N) is 1. The van der Waals surface area contributed by atoms with E-state index in [1.807, 2.05) is 0 Å². The van der Waals surface area contributed by atoms with Crippen LogP contribution in [0.3, 0.4) is 0 Å². The molecule has 1 heterocycles. The quantitative estimate of drug-likeness (QED) is 0.711. The highest BCUT2D eigenvalue weighted by atomic mass is 19.1. The van der Waals surface area contributed by atoms with Gasteiger partial charge >= 0.3 is 0 Å². The van der Waals surface area contributed by atoms with Gasteiger partial charge in [-0.1, -0.05) is 6.07 Å². The highest BCUT2D eigenvalue weighted by Gasteiger charge is 2.46. The number of aliphatic hydroxyl groups excluding tert-OH is 1. The van der Waals surface area contributed by atoms with Gasteiger partial charge in [0.25, 0.3) is 0 Å². The molecule has 0 amide bonds. The number of halogens is 1. The molecule has 4 nitrogen and oxygen atoms in total. The molecule has 94 valence electrons. The van der Waals surface area contributed by atoms with Crippen molar-refractivity contribution in [3.05, 3.63) is 30.1 Å². The maximum Gasteiger partial charge on any atom is 0.143 e. The van der Waals surface area contributed by atoms with E-state index < -0.39 is 23.6 Å². The van der Waals surface area contributed by atoms with Crippen LogP contribution in [0, 0.1) is 5.82 Å². The van der Waals surface area contributed by atoms with Gasteiger partial charge in [-0.05, 0) is 19.1 Å². The van der Waals surface area contributed by atoms with E-state index in [2.05, 4.69) is 5.32 Å². The third-order valence-corrected chi connectivity index (χ3v) is 3.09. The molecule has 2 rings (SSSR count). The van der Waals surface area contributed by atoms with Crippen molar-refractivity contribution >= 4 is 0 Å². The second kappa shape index (κ2) is 4.60. The Morgan fingerprint density at radius 2 is 2.35 bits per heavy atom. The minimum atomic E-state index is -1.34. The average Bonchev–Trinajstić information content (AvgIpc) is 2.62. The summed E-state index contributed by atoms with van der Waals surface area (Å²) >= 11 is 0. The lowest BCUT2D eigenvalue weighted by Crippen LogP contribution is -2.53. The molecule has 1 aromatic carbocycles. The van der Waals surface area contributed by atoms with Crippen LogP contribution in [0.5, 0.6) is 5.75 Å². The first kappa shape index (κ1) is 12.3. The van der Waals surface area contributed by atoms with E-state index in [1.165, 1.54) is 25.1 Å². The zero-order chi connectivity index (χ0) is 12.5. The molecule has 3 atom stereocenters. The molecule has 3 N–H and O–H groups in total. The van der Waals surface area contributed by atoms with Crippen LogP contribution in [-0.4, -0.2) is 41.1 Å². The first-order chi connectivity index (χ1) is 8.02. The Morgan fingerprint density at radius 1 is 1.59 bits per heavy atom. The van der Waals surface area contributed by atoms with Crippen molar-refractivity contribution < 1.29 is 19.3 Å². The number of rotatable bonds is 3. The number of nitrogens with one attached hydrogen (secondary N) is 1. The predicted octanol–water partition coefficient (Wildman–Crippen LogP) is 0.288. The van der Waals surface area contributed by atoms with Crippen molar-refractivity contribution in [3.8, 4) is 5.75 Å². The molecule has 1 aliphatic rings. The summed E-state index contributed by atoms with van der Waals surface area (Å²) in [5, 5.41) is 22.7. The topological polar surface area (TPSA) is 61.7 Å². The zero-order valence-electron chi connectivity index (χ0n) is 9.56. The largest absolute Gasteiger partial charge is 0.486 e. The van der Waals surface area contributed by atoms with E-state index in [1.54, 1.807) is 6.07 Å². The number of hydrogen-bond acceptors (Lipinski definition) is 4. The molecule has 0 radical (unpaired) electrons. The summed E-state index contributed by atoms with van der Waals surface area (Å²) in [6, 6.07) is 5.72. The summed E-state index contributed by atoms with van der Waals surface area (Å²) in [5.74, 6) is -0.0492. The first-order valence-electron chi connectivity index (χ1n) is 5.56. The second-order valence-corrected chi connectivity index (χ2v) is 4.36. The number of benzene rings is 1. The standard InChI is InChI=1S/C12H16FNO3/c1-8(15)12(16)7-14-6-11(12)17-10-4-2-3-9(13)5-10/h2-5,8,11,14-16H,6-7H2,1H3/t8-,11-,12+/m0/s1. The van der Waals surface area contributed by atoms with Crippen LogP contribution in [0.15, 0.2) is 24.3 Å². The highest BCUT2D eigenvalue weighted by molar-refractivity contribution is 5.23. The number of aliphatic hydroxyl groups is 2. The minimum absolute atomic E-state index is 0.255. The van der Waals surface area contributed by atoms with E-state index in [4.69, 9.17) is 4.74 Å². The van der Waals surface area contributed by atoms with E-state index in [0.717, 1.165) is 0 Å². The summed E-state index contributed by atoms with van der Waals surface area (Å²) in [4.78, 5) is 0. The van der Waals surface area contributed by atoms with Crippen LogP contribution < -0.4 is 10.1 Å². The van der Waals surface area contributed by atoms with Crippen molar-refractivity contribution in [3.63, 3.8) is 0 Å². The van der Waals surface area contributed by atoms with Crippen molar-refractivity contribution in [2.45, 2.75) is 24.7 Å². The van der Waals surface area contributed by atoms with Crippen LogP contribution in [0.25, 0.3) is 0 Å². The van der Waals surface area contributed by atoms with Gasteiger partial charge < -0.3 is 20.3 Å². The Labute approximate surface area is 99.0 Å². The van der Waals surface area contributed by atoms with Crippen molar-refractivity contribution in [1.29, 1.82) is 0 Å². The van der Waals surface area contributed by atoms with Gasteiger partial charge in [0.2, 0.25) is 0 Å². The van der Waals surface area contributed by atoms with Crippen LogP contribution >= 0.6 is 0 Å². The fraction of sp³-hybridized carbons (Fsp3) is 0.500. The summed E-state index contributed by atoms with van der Waals surface area (Å²) < 4.78 is 18.5. The molecule has 1 saturated heterocycles. The summed E-state index contributed by atoms with van der Waals surface area (Å²) in [7, 11) is 0. The molecule has 0 aliphatic carbocycles. The zero-order valence-corrected chi connectivity index (χ0v) is 9.56. The molecule has 0 spiro atoms. The molecule has 5 heteroatoms. The maximum atomic E-state index is 13.0. The fourth-order valence-corrected chi connectivity index (χ4v) is 1.96. The van der Waals surface area contributed by atoms with Gasteiger partial charge in [0.15, 0.2) is 0 Å². The first-order valence-corrected chi connectivity index (χ1v) is 5.56. The number of ether oxygens (including phenoxy) is 1. The van der Waals surface area contributed by atoms with Gasteiger partial charge in [0.05, 0.1) is 6.10 Å². The molecular formula is C12H16FNO3. The summed E-state index contributed by atoms with van der Waals surface area (Å²) in [6.45, 7) is 2.18. The van der Waals surface area contributed by atoms with Crippen LogP contribution in [0.2, 0.25) is 0 Å². The van der Waals surface area contributed by atoms with Crippen LogP contribution in [0.1, 0.15) is 6.92 Å². The van der Waals surface area contributed by atoms with Crippen molar-refractivity contribution in [2.75, 3.05) is 13.1 Å². The molecule has 0 unspecified atom stereocenters. The monoisotopic (exact) mass is 241 g/mol. The molecule has 1 aromatic rings. The second-order valence-electron chi connectivity index (χ2n) is 4.36. The van der Waals surface area contributed by atoms with E-state index in [-0.39, 0.29) is 6.54 Å². The molecule has 0 bridgehead atoms. The van der Waals surface area contributed by atoms with E-state index >= 15 is 0 Å². The third kappa shape index (κ3) is 2.41. The van der Waals surface area contributed by atoms with Gasteiger partial charge in [-0.15, -0.1) is 0 Å². The molecule has 0 aromatic heterocycles. The van der Waals surface area contributed by atoms with Gasteiger partial charge in [0, 0.05) is 19.2 Å².